The van der Waals surface area contributed by atoms with Gasteiger partial charge in [0.25, 0.3) is 0 Å². The van der Waals surface area contributed by atoms with Crippen LogP contribution in [0.1, 0.15) is 31.9 Å². The number of carbonyl (C=O) groups excluding carboxylic acids is 1. The Bertz CT molecular complexity index is 441. The zero-order valence-electron chi connectivity index (χ0n) is 10.5. The number of piperidine rings is 1. The minimum absolute atomic E-state index is 0.123. The van der Waals surface area contributed by atoms with Crippen LogP contribution in [0.4, 0.5) is 0 Å². The molecule has 1 atom stereocenters. The first-order chi connectivity index (χ1) is 8.54. The molecule has 5 nitrogen and oxygen atoms in total. The minimum Gasteiger partial charge on any atom is -0.480 e. The van der Waals surface area contributed by atoms with Gasteiger partial charge in [-0.15, -0.1) is 0 Å². The van der Waals surface area contributed by atoms with Gasteiger partial charge in [0.15, 0.2) is 0 Å². The average Bonchev–Trinajstić information content (AvgIpc) is 2.82. The lowest BCUT2D eigenvalue weighted by Gasteiger charge is -2.41. The van der Waals surface area contributed by atoms with Crippen molar-refractivity contribution in [3.63, 3.8) is 0 Å². The van der Waals surface area contributed by atoms with Gasteiger partial charge in [0, 0.05) is 18.4 Å². The molecule has 1 saturated heterocycles. The summed E-state index contributed by atoms with van der Waals surface area (Å²) >= 11 is 0. The zero-order valence-corrected chi connectivity index (χ0v) is 10.5. The van der Waals surface area contributed by atoms with E-state index in [-0.39, 0.29) is 12.3 Å². The standard InChI is InChI=1S/C13H18N2O3/c1-13(12(17)18)6-2-3-8-15(13)11(16)9-10-5-4-7-14-10/h4-5,7,14H,2-3,6,8-9H2,1H3,(H,17,18). The molecule has 0 spiro atoms. The summed E-state index contributed by atoms with van der Waals surface area (Å²) in [6.07, 6.45) is 4.25. The number of rotatable bonds is 3. The van der Waals surface area contributed by atoms with Crippen LogP contribution in [0.15, 0.2) is 18.3 Å². The van der Waals surface area contributed by atoms with Crippen molar-refractivity contribution in [1.29, 1.82) is 0 Å². The molecule has 2 N–H and O–H groups in total. The number of carboxylic acid groups (broad SMARTS) is 1. The predicted octanol–water partition coefficient (Wildman–Crippen LogP) is 1.41. The molecule has 1 aliphatic rings. The third-order valence-electron chi connectivity index (χ3n) is 3.66. The van der Waals surface area contributed by atoms with Gasteiger partial charge in [-0.25, -0.2) is 4.79 Å². The topological polar surface area (TPSA) is 73.4 Å². The number of amides is 1. The van der Waals surface area contributed by atoms with E-state index in [1.54, 1.807) is 13.1 Å². The molecular formula is C13H18N2O3. The summed E-state index contributed by atoms with van der Waals surface area (Å²) in [7, 11) is 0. The van der Waals surface area contributed by atoms with Gasteiger partial charge in [0.1, 0.15) is 5.54 Å². The molecule has 0 aliphatic carbocycles. The Balaban J connectivity index is 2.14. The van der Waals surface area contributed by atoms with Gasteiger partial charge in [0.2, 0.25) is 5.91 Å². The fourth-order valence-corrected chi connectivity index (χ4v) is 2.48. The summed E-state index contributed by atoms with van der Waals surface area (Å²) in [5, 5.41) is 9.34. The van der Waals surface area contributed by atoms with Gasteiger partial charge >= 0.3 is 5.97 Å². The predicted molar refractivity (Wildman–Crippen MR) is 66.1 cm³/mol. The van der Waals surface area contributed by atoms with Crippen molar-refractivity contribution < 1.29 is 14.7 Å². The van der Waals surface area contributed by atoms with E-state index in [2.05, 4.69) is 4.98 Å². The molecule has 1 amide bonds. The average molecular weight is 250 g/mol. The van der Waals surface area contributed by atoms with E-state index in [9.17, 15) is 14.7 Å². The summed E-state index contributed by atoms with van der Waals surface area (Å²) in [4.78, 5) is 28.1. The lowest BCUT2D eigenvalue weighted by atomic mass is 9.88. The first kappa shape index (κ1) is 12.7. The zero-order chi connectivity index (χ0) is 13.2. The van der Waals surface area contributed by atoms with Gasteiger partial charge in [-0.2, -0.15) is 0 Å². The first-order valence-electron chi connectivity index (χ1n) is 6.20. The summed E-state index contributed by atoms with van der Waals surface area (Å²) in [6, 6.07) is 3.66. The largest absolute Gasteiger partial charge is 0.480 e. The van der Waals surface area contributed by atoms with Crippen molar-refractivity contribution in [2.24, 2.45) is 0 Å². The van der Waals surface area contributed by atoms with Crippen LogP contribution in [-0.4, -0.2) is 39.0 Å². The molecule has 0 radical (unpaired) electrons. The molecule has 18 heavy (non-hydrogen) atoms. The first-order valence-corrected chi connectivity index (χ1v) is 6.20. The fourth-order valence-electron chi connectivity index (χ4n) is 2.48. The molecule has 2 heterocycles. The summed E-state index contributed by atoms with van der Waals surface area (Å²) in [5.41, 5.74) is -0.236. The van der Waals surface area contributed by atoms with Gasteiger partial charge in [0.05, 0.1) is 6.42 Å². The second-order valence-electron chi connectivity index (χ2n) is 4.95. The van der Waals surface area contributed by atoms with Crippen LogP contribution in [0.2, 0.25) is 0 Å². The maximum atomic E-state index is 12.2. The number of carbonyl (C=O) groups is 2. The SMILES string of the molecule is CC1(C(=O)O)CCCCN1C(=O)Cc1ccc[nH]1. The normalized spacial score (nSPS) is 23.9. The Morgan fingerprint density at radius 2 is 2.28 bits per heavy atom. The molecule has 0 bridgehead atoms. The Morgan fingerprint density at radius 1 is 1.50 bits per heavy atom. The Hall–Kier alpha value is -1.78. The molecule has 1 fully saturated rings. The minimum atomic E-state index is -1.05. The Kier molecular flexibility index (Phi) is 3.41. The lowest BCUT2D eigenvalue weighted by Crippen LogP contribution is -2.57. The highest BCUT2D eigenvalue weighted by molar-refractivity contribution is 5.87. The Morgan fingerprint density at radius 3 is 2.89 bits per heavy atom. The number of hydrogen-bond acceptors (Lipinski definition) is 2. The van der Waals surface area contributed by atoms with Crippen molar-refractivity contribution in [3.05, 3.63) is 24.0 Å². The third kappa shape index (κ3) is 2.25. The Labute approximate surface area is 106 Å². The van der Waals surface area contributed by atoms with E-state index >= 15 is 0 Å². The van der Waals surface area contributed by atoms with E-state index in [1.807, 2.05) is 12.1 Å². The van der Waals surface area contributed by atoms with Crippen LogP contribution in [-0.2, 0) is 16.0 Å². The van der Waals surface area contributed by atoms with Crippen LogP contribution >= 0.6 is 0 Å². The van der Waals surface area contributed by atoms with Crippen LogP contribution in [0, 0.1) is 0 Å². The number of aromatic amines is 1. The van der Waals surface area contributed by atoms with Crippen LogP contribution in [0.5, 0.6) is 0 Å². The number of nitrogens with one attached hydrogen (secondary N) is 1. The van der Waals surface area contributed by atoms with Crippen LogP contribution < -0.4 is 0 Å². The molecule has 1 aromatic heterocycles. The molecule has 2 rings (SSSR count). The highest BCUT2D eigenvalue weighted by Gasteiger charge is 2.43. The van der Waals surface area contributed by atoms with Crippen molar-refractivity contribution in [2.45, 2.75) is 38.1 Å². The summed E-state index contributed by atoms with van der Waals surface area (Å²) in [5.74, 6) is -1.04. The fraction of sp³-hybridized carbons (Fsp3) is 0.538. The van der Waals surface area contributed by atoms with Crippen molar-refractivity contribution >= 4 is 11.9 Å². The maximum Gasteiger partial charge on any atom is 0.329 e. The molecular weight excluding hydrogens is 232 g/mol. The highest BCUT2D eigenvalue weighted by atomic mass is 16.4. The third-order valence-corrected chi connectivity index (χ3v) is 3.66. The summed E-state index contributed by atoms with van der Waals surface area (Å²) in [6.45, 7) is 2.17. The quantitative estimate of drug-likeness (QED) is 0.852. The van der Waals surface area contributed by atoms with Crippen molar-refractivity contribution in [3.8, 4) is 0 Å². The number of carboxylic acids is 1. The van der Waals surface area contributed by atoms with Crippen LogP contribution in [0.3, 0.4) is 0 Å². The summed E-state index contributed by atoms with van der Waals surface area (Å²) < 4.78 is 0. The number of H-pyrrole nitrogens is 1. The smallest absolute Gasteiger partial charge is 0.329 e. The van der Waals surface area contributed by atoms with Crippen molar-refractivity contribution in [2.75, 3.05) is 6.54 Å². The highest BCUT2D eigenvalue weighted by Crippen LogP contribution is 2.28. The molecule has 5 heteroatoms. The second-order valence-corrected chi connectivity index (χ2v) is 4.95. The van der Waals surface area contributed by atoms with Crippen molar-refractivity contribution in [1.82, 2.24) is 9.88 Å². The molecule has 98 valence electrons. The monoisotopic (exact) mass is 250 g/mol. The molecule has 1 aliphatic heterocycles. The van der Waals surface area contributed by atoms with E-state index in [0.29, 0.717) is 13.0 Å². The molecule has 0 aromatic carbocycles. The van der Waals surface area contributed by atoms with E-state index in [0.717, 1.165) is 18.5 Å². The number of aromatic nitrogens is 1. The van der Waals surface area contributed by atoms with E-state index in [4.69, 9.17) is 0 Å². The number of hydrogen-bond donors (Lipinski definition) is 2. The van der Waals surface area contributed by atoms with E-state index in [1.165, 1.54) is 4.90 Å². The molecule has 0 saturated carbocycles. The number of nitrogens with zero attached hydrogens (tertiary/aromatic N) is 1. The lowest BCUT2D eigenvalue weighted by molar-refractivity contribution is -0.160. The maximum absolute atomic E-state index is 12.2. The van der Waals surface area contributed by atoms with Gasteiger partial charge < -0.3 is 15.0 Å². The van der Waals surface area contributed by atoms with Gasteiger partial charge in [-0.3, -0.25) is 4.79 Å². The van der Waals surface area contributed by atoms with E-state index < -0.39 is 11.5 Å². The number of aliphatic carboxylic acids is 1. The van der Waals surface area contributed by atoms with Crippen LogP contribution in [0.25, 0.3) is 0 Å². The van der Waals surface area contributed by atoms with Gasteiger partial charge in [-0.1, -0.05) is 0 Å². The number of likely N-dealkylation sites (tertiary alicyclic amines) is 1. The van der Waals surface area contributed by atoms with Gasteiger partial charge in [-0.05, 0) is 38.3 Å². The molecule has 1 aromatic rings. The molecule has 1 unspecified atom stereocenters. The second kappa shape index (κ2) is 4.84.